The minimum atomic E-state index is -0.482. The SMILES string of the molecule is CCCc1ccc(Nc2ccc(/C=N/Nc3ncc(F)c(N4CCOCC4)n3)nc2)cc1O. The number of rotatable bonds is 8. The van der Waals surface area contributed by atoms with Crippen molar-refractivity contribution in [1.29, 1.82) is 0 Å². The molecule has 0 amide bonds. The molecule has 9 nitrogen and oxygen atoms in total. The van der Waals surface area contributed by atoms with Gasteiger partial charge in [-0.05, 0) is 30.2 Å². The van der Waals surface area contributed by atoms with Crippen molar-refractivity contribution in [3.63, 3.8) is 0 Å². The molecule has 0 radical (unpaired) electrons. The summed E-state index contributed by atoms with van der Waals surface area (Å²) in [5, 5.41) is 17.4. The maximum Gasteiger partial charge on any atom is 0.245 e. The molecule has 3 aromatic rings. The summed E-state index contributed by atoms with van der Waals surface area (Å²) in [6, 6.07) is 9.21. The van der Waals surface area contributed by atoms with Crippen LogP contribution in [0.4, 0.5) is 27.5 Å². The Bertz CT molecular complexity index is 1100. The predicted molar refractivity (Wildman–Crippen MR) is 126 cm³/mol. The van der Waals surface area contributed by atoms with E-state index in [1.54, 1.807) is 18.3 Å². The van der Waals surface area contributed by atoms with Gasteiger partial charge in [0.2, 0.25) is 5.95 Å². The Hall–Kier alpha value is -3.79. The molecule has 0 unspecified atom stereocenters. The zero-order valence-corrected chi connectivity index (χ0v) is 18.3. The molecule has 3 N–H and O–H groups in total. The third-order valence-corrected chi connectivity index (χ3v) is 5.08. The van der Waals surface area contributed by atoms with Gasteiger partial charge in [0.1, 0.15) is 5.75 Å². The molecule has 1 fully saturated rings. The Morgan fingerprint density at radius 3 is 2.70 bits per heavy atom. The summed E-state index contributed by atoms with van der Waals surface area (Å²) < 4.78 is 19.4. The summed E-state index contributed by atoms with van der Waals surface area (Å²) in [7, 11) is 0. The second-order valence-electron chi connectivity index (χ2n) is 7.52. The number of nitrogens with one attached hydrogen (secondary N) is 2. The van der Waals surface area contributed by atoms with Crippen molar-refractivity contribution in [2.75, 3.05) is 41.9 Å². The van der Waals surface area contributed by atoms with Crippen LogP contribution in [0.3, 0.4) is 0 Å². The topological polar surface area (TPSA) is 108 Å². The van der Waals surface area contributed by atoms with Crippen LogP contribution >= 0.6 is 0 Å². The summed E-state index contributed by atoms with van der Waals surface area (Å²) in [5.41, 5.74) is 5.82. The highest BCUT2D eigenvalue weighted by Crippen LogP contribution is 2.25. The number of anilines is 4. The van der Waals surface area contributed by atoms with Gasteiger partial charge >= 0.3 is 0 Å². The van der Waals surface area contributed by atoms with Crippen LogP contribution in [0, 0.1) is 5.82 Å². The van der Waals surface area contributed by atoms with Crippen LogP contribution in [0.25, 0.3) is 0 Å². The monoisotopic (exact) mass is 451 g/mol. The molecule has 10 heteroatoms. The van der Waals surface area contributed by atoms with Gasteiger partial charge in [-0.3, -0.25) is 4.98 Å². The Labute approximate surface area is 191 Å². The fraction of sp³-hybridized carbons (Fsp3) is 0.304. The van der Waals surface area contributed by atoms with Crippen molar-refractivity contribution in [1.82, 2.24) is 15.0 Å². The number of morpholine rings is 1. The van der Waals surface area contributed by atoms with E-state index in [9.17, 15) is 9.50 Å². The summed E-state index contributed by atoms with van der Waals surface area (Å²) >= 11 is 0. The smallest absolute Gasteiger partial charge is 0.245 e. The largest absolute Gasteiger partial charge is 0.508 e. The van der Waals surface area contributed by atoms with Gasteiger partial charge in [0.05, 0.1) is 43.2 Å². The van der Waals surface area contributed by atoms with Gasteiger partial charge in [0, 0.05) is 24.8 Å². The number of phenols is 1. The van der Waals surface area contributed by atoms with E-state index in [0.717, 1.165) is 36.0 Å². The number of hydrazone groups is 1. The average Bonchev–Trinajstić information content (AvgIpc) is 2.84. The standard InChI is InChI=1S/C23H26FN7O2/c1-2-3-16-4-5-17(12-21(16)32)28-19-7-6-18(25-13-19)14-27-30-23-26-15-20(24)22(29-23)31-8-10-33-11-9-31/h4-7,12-15,28,32H,2-3,8-11H2,1H3,(H,26,29,30)/b27-14+. The Kier molecular flexibility index (Phi) is 7.26. The van der Waals surface area contributed by atoms with Crippen molar-refractivity contribution < 1.29 is 14.2 Å². The molecule has 0 spiro atoms. The molecule has 172 valence electrons. The lowest BCUT2D eigenvalue weighted by atomic mass is 10.1. The number of aromatic hydroxyl groups is 1. The van der Waals surface area contributed by atoms with Crippen molar-refractivity contribution >= 4 is 29.4 Å². The molecule has 2 aromatic heterocycles. The van der Waals surface area contributed by atoms with Gasteiger partial charge < -0.3 is 20.1 Å². The first-order chi connectivity index (χ1) is 16.1. The molecule has 0 bridgehead atoms. The summed E-state index contributed by atoms with van der Waals surface area (Å²) in [4.78, 5) is 14.3. The van der Waals surface area contributed by atoms with Gasteiger partial charge in [-0.15, -0.1) is 0 Å². The van der Waals surface area contributed by atoms with Crippen LogP contribution in [0.5, 0.6) is 5.75 Å². The van der Waals surface area contributed by atoms with Crippen LogP contribution in [0.1, 0.15) is 24.6 Å². The number of benzene rings is 1. The van der Waals surface area contributed by atoms with Crippen LogP contribution < -0.4 is 15.6 Å². The Morgan fingerprint density at radius 1 is 1.15 bits per heavy atom. The van der Waals surface area contributed by atoms with Crippen LogP contribution in [-0.2, 0) is 11.2 Å². The van der Waals surface area contributed by atoms with Gasteiger partial charge in [0.15, 0.2) is 11.6 Å². The molecule has 1 aliphatic rings. The third kappa shape index (κ3) is 5.92. The predicted octanol–water partition coefficient (Wildman–Crippen LogP) is 3.70. The highest BCUT2D eigenvalue weighted by molar-refractivity contribution is 5.78. The first kappa shape index (κ1) is 22.4. The second kappa shape index (κ2) is 10.7. The molecule has 1 saturated heterocycles. The first-order valence-corrected chi connectivity index (χ1v) is 10.8. The number of hydrogen-bond donors (Lipinski definition) is 3. The lowest BCUT2D eigenvalue weighted by Gasteiger charge is -2.27. The third-order valence-electron chi connectivity index (χ3n) is 5.08. The number of nitrogens with zero attached hydrogens (tertiary/aromatic N) is 5. The minimum absolute atomic E-state index is 0.193. The zero-order valence-electron chi connectivity index (χ0n) is 18.3. The summed E-state index contributed by atoms with van der Waals surface area (Å²) in [6.07, 6.45) is 6.14. The van der Waals surface area contributed by atoms with Crippen LogP contribution in [-0.4, -0.2) is 52.6 Å². The molecule has 3 heterocycles. The van der Waals surface area contributed by atoms with Gasteiger partial charge in [-0.1, -0.05) is 19.4 Å². The number of aryl methyl sites for hydroxylation is 1. The molecule has 4 rings (SSSR count). The highest BCUT2D eigenvalue weighted by atomic mass is 19.1. The maximum atomic E-state index is 14.1. The molecule has 0 aliphatic carbocycles. The summed E-state index contributed by atoms with van der Waals surface area (Å²) in [5.74, 6) is 0.223. The zero-order chi connectivity index (χ0) is 23.0. The quantitative estimate of drug-likeness (QED) is 0.352. The number of aromatic nitrogens is 3. The number of ether oxygens (including phenoxy) is 1. The van der Waals surface area contributed by atoms with Gasteiger partial charge in [0.25, 0.3) is 0 Å². The molecular weight excluding hydrogens is 425 g/mol. The van der Waals surface area contributed by atoms with E-state index in [1.165, 1.54) is 6.21 Å². The fourth-order valence-corrected chi connectivity index (χ4v) is 3.41. The van der Waals surface area contributed by atoms with E-state index < -0.39 is 5.82 Å². The Morgan fingerprint density at radius 2 is 1.97 bits per heavy atom. The molecular formula is C23H26FN7O2. The lowest BCUT2D eigenvalue weighted by Crippen LogP contribution is -2.37. The van der Waals surface area contributed by atoms with Gasteiger partial charge in [-0.2, -0.15) is 10.1 Å². The number of pyridine rings is 1. The van der Waals surface area contributed by atoms with Gasteiger partial charge in [-0.25, -0.2) is 14.8 Å². The van der Waals surface area contributed by atoms with E-state index in [2.05, 4.69) is 37.7 Å². The number of halogens is 1. The molecule has 1 aliphatic heterocycles. The van der Waals surface area contributed by atoms with Crippen LogP contribution in [0.2, 0.25) is 0 Å². The molecule has 1 aromatic carbocycles. The highest BCUT2D eigenvalue weighted by Gasteiger charge is 2.17. The fourth-order valence-electron chi connectivity index (χ4n) is 3.41. The molecule has 0 saturated carbocycles. The summed E-state index contributed by atoms with van der Waals surface area (Å²) in [6.45, 7) is 4.29. The second-order valence-corrected chi connectivity index (χ2v) is 7.52. The van der Waals surface area contributed by atoms with Crippen molar-refractivity contribution in [3.8, 4) is 5.75 Å². The van der Waals surface area contributed by atoms with E-state index in [-0.39, 0.29) is 17.5 Å². The Balaban J connectivity index is 1.35. The van der Waals surface area contributed by atoms with Crippen molar-refractivity contribution in [3.05, 3.63) is 59.8 Å². The van der Waals surface area contributed by atoms with E-state index in [1.807, 2.05) is 23.1 Å². The molecule has 0 atom stereocenters. The lowest BCUT2D eigenvalue weighted by molar-refractivity contribution is 0.122. The average molecular weight is 452 g/mol. The van der Waals surface area contributed by atoms with Crippen molar-refractivity contribution in [2.45, 2.75) is 19.8 Å². The molecule has 33 heavy (non-hydrogen) atoms. The minimum Gasteiger partial charge on any atom is -0.508 e. The van der Waals surface area contributed by atoms with E-state index >= 15 is 0 Å². The number of phenolic OH excluding ortho intramolecular Hbond substituents is 1. The maximum absolute atomic E-state index is 14.1. The van der Waals surface area contributed by atoms with E-state index in [0.29, 0.717) is 32.0 Å². The van der Waals surface area contributed by atoms with Crippen LogP contribution in [0.15, 0.2) is 47.8 Å². The number of hydrogen-bond acceptors (Lipinski definition) is 9. The normalized spacial score (nSPS) is 13.9. The first-order valence-electron chi connectivity index (χ1n) is 10.8. The van der Waals surface area contributed by atoms with Crippen molar-refractivity contribution in [2.24, 2.45) is 5.10 Å². The van der Waals surface area contributed by atoms with E-state index in [4.69, 9.17) is 4.74 Å².